The molecule has 3 N–H and O–H groups in total. The number of benzene rings is 2. The molecule has 1 aromatic heterocycles. The minimum atomic E-state index is -1.41. The Morgan fingerprint density at radius 2 is 2.00 bits per heavy atom. The van der Waals surface area contributed by atoms with Gasteiger partial charge in [0.05, 0.1) is 23.0 Å². The normalized spacial score (nSPS) is 12.5. The SMILES string of the molecule is COc1ccc2nc(S(=O)c3ccc(C)c(N)c3C)[nH]c2c1. The fourth-order valence-corrected chi connectivity index (χ4v) is 3.50. The van der Waals surface area contributed by atoms with Gasteiger partial charge in [-0.3, -0.25) is 0 Å². The molecule has 6 heteroatoms. The number of aryl methyl sites for hydroxylation is 1. The number of H-pyrrole nitrogens is 1. The second-order valence-electron chi connectivity index (χ2n) is 5.11. The average Bonchev–Trinajstić information content (AvgIpc) is 2.95. The average molecular weight is 315 g/mol. The molecule has 3 rings (SSSR count). The Morgan fingerprint density at radius 1 is 1.23 bits per heavy atom. The van der Waals surface area contributed by atoms with Gasteiger partial charge in [-0.25, -0.2) is 9.19 Å². The number of anilines is 1. The first kappa shape index (κ1) is 14.6. The molecule has 0 spiro atoms. The van der Waals surface area contributed by atoms with Crippen molar-refractivity contribution in [3.05, 3.63) is 41.5 Å². The summed E-state index contributed by atoms with van der Waals surface area (Å²) >= 11 is 0. The molecule has 1 unspecified atom stereocenters. The molecule has 1 heterocycles. The molecule has 0 amide bonds. The van der Waals surface area contributed by atoms with E-state index in [0.29, 0.717) is 15.7 Å². The smallest absolute Gasteiger partial charge is 0.202 e. The molecule has 2 aromatic carbocycles. The molecule has 0 aliphatic rings. The first-order valence-electron chi connectivity index (χ1n) is 6.82. The number of nitrogens with zero attached hydrogens (tertiary/aromatic N) is 1. The predicted octanol–water partition coefficient (Wildman–Crippen LogP) is 2.94. The van der Waals surface area contributed by atoms with Crippen molar-refractivity contribution in [2.45, 2.75) is 23.9 Å². The summed E-state index contributed by atoms with van der Waals surface area (Å²) in [5.74, 6) is 0.726. The number of imidazole rings is 1. The van der Waals surface area contributed by atoms with E-state index in [1.165, 1.54) is 0 Å². The first-order valence-corrected chi connectivity index (χ1v) is 7.97. The van der Waals surface area contributed by atoms with Crippen molar-refractivity contribution >= 4 is 27.5 Å². The van der Waals surface area contributed by atoms with Crippen LogP contribution in [0.2, 0.25) is 0 Å². The fourth-order valence-electron chi connectivity index (χ4n) is 2.33. The lowest BCUT2D eigenvalue weighted by molar-refractivity contribution is 0.415. The number of hydrogen-bond acceptors (Lipinski definition) is 4. The Bertz CT molecular complexity index is 886. The summed E-state index contributed by atoms with van der Waals surface area (Å²) in [6, 6.07) is 9.21. The number of ether oxygens (including phenoxy) is 1. The summed E-state index contributed by atoms with van der Waals surface area (Å²) in [7, 11) is 0.201. The van der Waals surface area contributed by atoms with Crippen LogP contribution < -0.4 is 10.5 Å². The molecule has 0 fully saturated rings. The van der Waals surface area contributed by atoms with Gasteiger partial charge in [0.25, 0.3) is 0 Å². The molecule has 0 aliphatic heterocycles. The van der Waals surface area contributed by atoms with Crippen molar-refractivity contribution in [3.63, 3.8) is 0 Å². The molecule has 0 saturated heterocycles. The summed E-state index contributed by atoms with van der Waals surface area (Å²) in [5, 5.41) is 0.412. The van der Waals surface area contributed by atoms with Crippen molar-refractivity contribution in [2.24, 2.45) is 0 Å². The van der Waals surface area contributed by atoms with E-state index in [-0.39, 0.29) is 0 Å². The third-order valence-electron chi connectivity index (χ3n) is 3.73. The highest BCUT2D eigenvalue weighted by molar-refractivity contribution is 7.85. The summed E-state index contributed by atoms with van der Waals surface area (Å²) in [5.41, 5.74) is 10.1. The highest BCUT2D eigenvalue weighted by Gasteiger charge is 2.16. The molecule has 0 saturated carbocycles. The van der Waals surface area contributed by atoms with Crippen molar-refractivity contribution < 1.29 is 8.95 Å². The zero-order valence-electron chi connectivity index (χ0n) is 12.6. The third-order valence-corrected chi connectivity index (χ3v) is 5.11. The van der Waals surface area contributed by atoms with Gasteiger partial charge in [-0.2, -0.15) is 0 Å². The van der Waals surface area contributed by atoms with Gasteiger partial charge in [0.2, 0.25) is 5.16 Å². The van der Waals surface area contributed by atoms with Crippen LogP contribution >= 0.6 is 0 Å². The van der Waals surface area contributed by atoms with Crippen LogP contribution in [0.25, 0.3) is 11.0 Å². The third kappa shape index (κ3) is 2.35. The second-order valence-corrected chi connectivity index (χ2v) is 6.48. The van der Waals surface area contributed by atoms with Crippen molar-refractivity contribution in [2.75, 3.05) is 12.8 Å². The predicted molar refractivity (Wildman–Crippen MR) is 87.6 cm³/mol. The Hall–Kier alpha value is -2.34. The summed E-state index contributed by atoms with van der Waals surface area (Å²) in [6.07, 6.45) is 0. The maximum Gasteiger partial charge on any atom is 0.202 e. The molecule has 1 atom stereocenters. The van der Waals surface area contributed by atoms with Crippen LogP contribution in [0.15, 0.2) is 40.4 Å². The molecule has 114 valence electrons. The quantitative estimate of drug-likeness (QED) is 0.728. The highest BCUT2D eigenvalue weighted by atomic mass is 32.2. The van der Waals surface area contributed by atoms with Crippen LogP contribution in [0.3, 0.4) is 0 Å². The molecular formula is C16H17N3O2S. The van der Waals surface area contributed by atoms with Crippen LogP contribution in [0.1, 0.15) is 11.1 Å². The van der Waals surface area contributed by atoms with Crippen LogP contribution in [0, 0.1) is 13.8 Å². The van der Waals surface area contributed by atoms with Crippen molar-refractivity contribution in [1.82, 2.24) is 9.97 Å². The standard InChI is InChI=1S/C16H17N3O2S/c1-9-4-7-14(10(2)15(9)17)22(20)16-18-12-6-5-11(21-3)8-13(12)19-16/h4-8H,17H2,1-3H3,(H,18,19). The maximum absolute atomic E-state index is 12.8. The monoisotopic (exact) mass is 315 g/mol. The Balaban J connectivity index is 2.07. The van der Waals surface area contributed by atoms with Gasteiger partial charge in [-0.15, -0.1) is 0 Å². The van der Waals surface area contributed by atoms with E-state index in [0.717, 1.165) is 27.9 Å². The lowest BCUT2D eigenvalue weighted by atomic mass is 10.1. The lowest BCUT2D eigenvalue weighted by Gasteiger charge is -2.09. The van der Waals surface area contributed by atoms with Gasteiger partial charge in [-0.1, -0.05) is 6.07 Å². The van der Waals surface area contributed by atoms with Gasteiger partial charge in [0.1, 0.15) is 16.5 Å². The van der Waals surface area contributed by atoms with E-state index in [2.05, 4.69) is 9.97 Å². The molecule has 22 heavy (non-hydrogen) atoms. The Labute approximate surface area is 131 Å². The van der Waals surface area contributed by atoms with Crippen molar-refractivity contribution in [1.29, 1.82) is 0 Å². The van der Waals surface area contributed by atoms with E-state index < -0.39 is 10.8 Å². The number of aromatic amines is 1. The molecule has 3 aromatic rings. The number of methoxy groups -OCH3 is 1. The Kier molecular flexibility index (Phi) is 3.62. The maximum atomic E-state index is 12.8. The second kappa shape index (κ2) is 5.46. The number of nitrogen functional groups attached to an aromatic ring is 1. The number of aromatic nitrogens is 2. The molecule has 0 bridgehead atoms. The number of fused-ring (bicyclic) bond motifs is 1. The molecule has 0 radical (unpaired) electrons. The van der Waals surface area contributed by atoms with Gasteiger partial charge in [0, 0.05) is 11.8 Å². The van der Waals surface area contributed by atoms with E-state index in [9.17, 15) is 4.21 Å². The molecule has 5 nitrogen and oxygen atoms in total. The van der Waals surface area contributed by atoms with Crippen LogP contribution in [0.4, 0.5) is 5.69 Å². The summed E-state index contributed by atoms with van der Waals surface area (Å²) < 4.78 is 18.0. The van der Waals surface area contributed by atoms with E-state index in [1.54, 1.807) is 7.11 Å². The highest BCUT2D eigenvalue weighted by Crippen LogP contribution is 2.27. The van der Waals surface area contributed by atoms with Gasteiger partial charge in [0.15, 0.2) is 0 Å². The summed E-state index contributed by atoms with van der Waals surface area (Å²) in [4.78, 5) is 8.18. The van der Waals surface area contributed by atoms with Crippen LogP contribution in [0.5, 0.6) is 5.75 Å². The van der Waals surface area contributed by atoms with Crippen LogP contribution in [-0.4, -0.2) is 21.3 Å². The number of nitrogens with two attached hydrogens (primary N) is 1. The van der Waals surface area contributed by atoms with Gasteiger partial charge in [-0.05, 0) is 43.2 Å². The zero-order valence-corrected chi connectivity index (χ0v) is 13.5. The van der Waals surface area contributed by atoms with E-state index in [4.69, 9.17) is 10.5 Å². The largest absolute Gasteiger partial charge is 0.497 e. The number of hydrogen-bond donors (Lipinski definition) is 2. The lowest BCUT2D eigenvalue weighted by Crippen LogP contribution is -2.02. The van der Waals surface area contributed by atoms with Gasteiger partial charge < -0.3 is 15.5 Å². The minimum Gasteiger partial charge on any atom is -0.497 e. The fraction of sp³-hybridized carbons (Fsp3) is 0.188. The van der Waals surface area contributed by atoms with Crippen LogP contribution in [-0.2, 0) is 10.8 Å². The van der Waals surface area contributed by atoms with Crippen molar-refractivity contribution in [3.8, 4) is 5.75 Å². The zero-order chi connectivity index (χ0) is 15.9. The molecular weight excluding hydrogens is 298 g/mol. The topological polar surface area (TPSA) is 81.0 Å². The Morgan fingerprint density at radius 3 is 2.73 bits per heavy atom. The number of nitrogens with one attached hydrogen (secondary N) is 1. The van der Waals surface area contributed by atoms with E-state index >= 15 is 0 Å². The molecule has 0 aliphatic carbocycles. The number of rotatable bonds is 3. The first-order chi connectivity index (χ1) is 10.5. The van der Waals surface area contributed by atoms with E-state index in [1.807, 2.05) is 44.2 Å². The minimum absolute atomic E-state index is 0.412. The van der Waals surface area contributed by atoms with Gasteiger partial charge >= 0.3 is 0 Å². The summed E-state index contributed by atoms with van der Waals surface area (Å²) in [6.45, 7) is 3.81.